The summed E-state index contributed by atoms with van der Waals surface area (Å²) in [6, 6.07) is 15.2. The highest BCUT2D eigenvalue weighted by atomic mass is 16.5. The van der Waals surface area contributed by atoms with E-state index in [-0.39, 0.29) is 5.75 Å². The summed E-state index contributed by atoms with van der Waals surface area (Å²) in [6.45, 7) is 0.669. The van der Waals surface area contributed by atoms with Crippen molar-refractivity contribution in [2.24, 2.45) is 0 Å². The van der Waals surface area contributed by atoms with Crippen LogP contribution in [-0.4, -0.2) is 29.1 Å². The van der Waals surface area contributed by atoms with Crippen LogP contribution in [0.5, 0.6) is 17.2 Å². The second-order valence-electron chi connectivity index (χ2n) is 5.38. The maximum atomic E-state index is 9.94. The Morgan fingerprint density at radius 1 is 1.05 bits per heavy atom. The third kappa shape index (κ3) is 3.02. The first-order valence-electron chi connectivity index (χ1n) is 7.04. The molecule has 4 nitrogen and oxygen atoms in total. The Bertz CT molecular complexity index is 786. The van der Waals surface area contributed by atoms with Crippen molar-refractivity contribution in [1.82, 2.24) is 9.88 Å². The molecule has 0 bridgehead atoms. The van der Waals surface area contributed by atoms with Crippen molar-refractivity contribution in [3.63, 3.8) is 0 Å². The summed E-state index contributed by atoms with van der Waals surface area (Å²) >= 11 is 0. The molecule has 2 aromatic carbocycles. The number of hydrogen-bond donors (Lipinski definition) is 1. The topological polar surface area (TPSA) is 45.6 Å². The summed E-state index contributed by atoms with van der Waals surface area (Å²) in [5.74, 6) is 1.55. The molecule has 111 valence electrons. The van der Waals surface area contributed by atoms with E-state index >= 15 is 0 Å². The van der Waals surface area contributed by atoms with E-state index in [2.05, 4.69) is 11.2 Å². The Labute approximate surface area is 129 Å². The first-order chi connectivity index (χ1) is 10.6. The number of pyridine rings is 1. The lowest BCUT2D eigenvalue weighted by Gasteiger charge is -2.13. The minimum atomic E-state index is 0.0590. The van der Waals surface area contributed by atoms with Gasteiger partial charge in [0, 0.05) is 17.3 Å². The van der Waals surface area contributed by atoms with E-state index in [0.717, 1.165) is 22.2 Å². The summed E-state index contributed by atoms with van der Waals surface area (Å²) in [4.78, 5) is 6.25. The molecule has 4 heteroatoms. The average molecular weight is 293 g/mol. The zero-order valence-corrected chi connectivity index (χ0v) is 12.6. The minimum absolute atomic E-state index is 0.0590. The van der Waals surface area contributed by atoms with Crippen molar-refractivity contribution in [2.75, 3.05) is 14.1 Å². The fourth-order valence-electron chi connectivity index (χ4n) is 2.32. The molecule has 0 aliphatic heterocycles. The second-order valence-corrected chi connectivity index (χ2v) is 5.38. The molecule has 1 heterocycles. The van der Waals surface area contributed by atoms with Gasteiger partial charge in [-0.3, -0.25) is 0 Å². The molecular weight excluding hydrogens is 276 g/mol. The highest BCUT2D eigenvalue weighted by molar-refractivity contribution is 5.90. The largest absolute Gasteiger partial charge is 0.505 e. The number of aromatic hydroxyl groups is 1. The van der Waals surface area contributed by atoms with Crippen LogP contribution in [0.3, 0.4) is 0 Å². The van der Waals surface area contributed by atoms with Crippen molar-refractivity contribution < 1.29 is 9.84 Å². The molecule has 3 aromatic rings. The number of hydrogen-bond acceptors (Lipinski definition) is 4. The lowest BCUT2D eigenvalue weighted by atomic mass is 10.1. The van der Waals surface area contributed by atoms with Crippen LogP contribution in [-0.2, 0) is 6.54 Å². The van der Waals surface area contributed by atoms with E-state index in [1.165, 1.54) is 0 Å². The van der Waals surface area contributed by atoms with Crippen LogP contribution in [0, 0.1) is 6.20 Å². The van der Waals surface area contributed by atoms with Crippen LogP contribution in [0.25, 0.3) is 10.8 Å². The third-order valence-electron chi connectivity index (χ3n) is 3.30. The molecule has 0 fully saturated rings. The molecule has 0 spiro atoms. The summed E-state index contributed by atoms with van der Waals surface area (Å²) in [6.07, 6.45) is 2.66. The van der Waals surface area contributed by atoms with Crippen LogP contribution in [0.1, 0.15) is 5.69 Å². The highest BCUT2D eigenvalue weighted by Gasteiger charge is 2.10. The van der Waals surface area contributed by atoms with Crippen molar-refractivity contribution in [2.45, 2.75) is 6.54 Å². The maximum absolute atomic E-state index is 9.94. The van der Waals surface area contributed by atoms with E-state index < -0.39 is 0 Å². The Balaban J connectivity index is 2.03. The van der Waals surface area contributed by atoms with Gasteiger partial charge in [-0.05, 0) is 44.4 Å². The summed E-state index contributed by atoms with van der Waals surface area (Å²) in [5.41, 5.74) is 0.858. The molecular formula is C18H17N2O2. The number of nitrogens with zero attached hydrogens (tertiary/aromatic N) is 2. The Hall–Kier alpha value is -2.59. The van der Waals surface area contributed by atoms with Crippen molar-refractivity contribution in [1.29, 1.82) is 0 Å². The van der Waals surface area contributed by atoms with Crippen LogP contribution < -0.4 is 4.74 Å². The van der Waals surface area contributed by atoms with Gasteiger partial charge in [0.15, 0.2) is 5.75 Å². The van der Waals surface area contributed by atoms with Crippen molar-refractivity contribution >= 4 is 10.8 Å². The standard InChI is InChI=1S/C18H17N2O2/c1-20(2)12-17-16-10-14(22-13-6-4-3-5-7-13)8-9-15(16)18(21)11-19-17/h3-10,21H,12H2,1-2H3. The monoisotopic (exact) mass is 293 g/mol. The van der Waals surface area contributed by atoms with Gasteiger partial charge in [0.25, 0.3) is 0 Å². The van der Waals surface area contributed by atoms with E-state index in [0.29, 0.717) is 12.3 Å². The molecule has 22 heavy (non-hydrogen) atoms. The molecule has 1 N–H and O–H groups in total. The molecule has 1 aromatic heterocycles. The Morgan fingerprint density at radius 2 is 1.82 bits per heavy atom. The van der Waals surface area contributed by atoms with Crippen LogP contribution in [0.15, 0.2) is 48.5 Å². The molecule has 0 amide bonds. The lowest BCUT2D eigenvalue weighted by Crippen LogP contribution is -2.12. The smallest absolute Gasteiger partial charge is 0.151 e. The van der Waals surface area contributed by atoms with Crippen LogP contribution in [0.2, 0.25) is 0 Å². The summed E-state index contributed by atoms with van der Waals surface area (Å²) < 4.78 is 5.85. The van der Waals surface area contributed by atoms with Gasteiger partial charge in [0.2, 0.25) is 0 Å². The zero-order chi connectivity index (χ0) is 15.5. The van der Waals surface area contributed by atoms with Crippen LogP contribution in [0.4, 0.5) is 0 Å². The SMILES string of the molecule is CN(C)Cc1n[c]c(O)c2ccc(Oc3ccccc3)cc12. The van der Waals surface area contributed by atoms with E-state index in [1.807, 2.05) is 67.5 Å². The van der Waals surface area contributed by atoms with Gasteiger partial charge in [-0.1, -0.05) is 18.2 Å². The van der Waals surface area contributed by atoms with Gasteiger partial charge in [0.05, 0.1) is 5.69 Å². The van der Waals surface area contributed by atoms with E-state index in [1.54, 1.807) is 0 Å². The summed E-state index contributed by atoms with van der Waals surface area (Å²) in [5, 5.41) is 11.5. The second kappa shape index (κ2) is 6.03. The van der Waals surface area contributed by atoms with E-state index in [4.69, 9.17) is 4.74 Å². The highest BCUT2D eigenvalue weighted by Crippen LogP contribution is 2.31. The predicted molar refractivity (Wildman–Crippen MR) is 86.2 cm³/mol. The molecule has 0 saturated heterocycles. The van der Waals surface area contributed by atoms with Crippen LogP contribution >= 0.6 is 0 Å². The van der Waals surface area contributed by atoms with Gasteiger partial charge in [-0.25, -0.2) is 4.98 Å². The third-order valence-corrected chi connectivity index (χ3v) is 3.30. The van der Waals surface area contributed by atoms with E-state index in [9.17, 15) is 5.11 Å². The summed E-state index contributed by atoms with van der Waals surface area (Å²) in [7, 11) is 3.95. The first kappa shape index (κ1) is 14.4. The average Bonchev–Trinajstić information content (AvgIpc) is 2.51. The fourth-order valence-corrected chi connectivity index (χ4v) is 2.32. The minimum Gasteiger partial charge on any atom is -0.505 e. The van der Waals surface area contributed by atoms with Crippen molar-refractivity contribution in [3.8, 4) is 17.2 Å². The number of para-hydroxylation sites is 1. The molecule has 3 rings (SSSR count). The predicted octanol–water partition coefficient (Wildman–Crippen LogP) is 3.59. The first-order valence-corrected chi connectivity index (χ1v) is 7.04. The quantitative estimate of drug-likeness (QED) is 0.798. The molecule has 0 aliphatic rings. The zero-order valence-electron chi connectivity index (χ0n) is 12.6. The Kier molecular flexibility index (Phi) is 3.94. The molecule has 0 saturated carbocycles. The fraction of sp³-hybridized carbons (Fsp3) is 0.167. The number of ether oxygens (including phenoxy) is 1. The molecule has 0 unspecified atom stereocenters. The number of aromatic nitrogens is 1. The molecule has 0 aliphatic carbocycles. The number of rotatable bonds is 4. The Morgan fingerprint density at radius 3 is 2.55 bits per heavy atom. The van der Waals surface area contributed by atoms with Gasteiger partial charge >= 0.3 is 0 Å². The molecule has 1 radical (unpaired) electrons. The van der Waals surface area contributed by atoms with Gasteiger partial charge in [-0.2, -0.15) is 0 Å². The number of benzene rings is 2. The normalized spacial score (nSPS) is 11.0. The maximum Gasteiger partial charge on any atom is 0.151 e. The molecule has 0 atom stereocenters. The lowest BCUT2D eigenvalue weighted by molar-refractivity contribution is 0.397. The van der Waals surface area contributed by atoms with Gasteiger partial charge < -0.3 is 14.7 Å². The number of fused-ring (bicyclic) bond motifs is 1. The van der Waals surface area contributed by atoms with Crippen molar-refractivity contribution in [3.05, 3.63) is 60.4 Å². The van der Waals surface area contributed by atoms with Gasteiger partial charge in [-0.15, -0.1) is 0 Å². The van der Waals surface area contributed by atoms with Gasteiger partial charge in [0.1, 0.15) is 17.7 Å².